The predicted octanol–water partition coefficient (Wildman–Crippen LogP) is 1.68. The van der Waals surface area contributed by atoms with Gasteiger partial charge in [0.2, 0.25) is 11.5 Å². The molecule has 2 rings (SSSR count). The van der Waals surface area contributed by atoms with Gasteiger partial charge in [-0.1, -0.05) is 12.1 Å². The van der Waals surface area contributed by atoms with Crippen molar-refractivity contribution in [2.24, 2.45) is 5.41 Å². The first kappa shape index (κ1) is 16.9. The van der Waals surface area contributed by atoms with E-state index in [1.807, 2.05) is 0 Å². The Morgan fingerprint density at radius 3 is 2.04 bits per heavy atom. The number of nitro groups is 1. The molecule has 1 aromatic carbocycles. The number of esters is 2. The van der Waals surface area contributed by atoms with E-state index in [0.29, 0.717) is 5.56 Å². The van der Waals surface area contributed by atoms with Gasteiger partial charge in [0.05, 0.1) is 19.1 Å². The molecule has 0 radical (unpaired) electrons. The number of carbonyl (C=O) groups is 2. The van der Waals surface area contributed by atoms with Crippen molar-refractivity contribution < 1.29 is 28.4 Å². The third-order valence-corrected chi connectivity index (χ3v) is 3.85. The maximum Gasteiger partial charge on any atom is 0.331 e. The van der Waals surface area contributed by atoms with Crippen LogP contribution >= 0.6 is 0 Å². The van der Waals surface area contributed by atoms with E-state index in [2.05, 4.69) is 0 Å². The number of ether oxygens (including phenoxy) is 2. The van der Waals surface area contributed by atoms with Crippen LogP contribution in [-0.4, -0.2) is 36.1 Å². The van der Waals surface area contributed by atoms with E-state index in [-0.39, 0.29) is 13.2 Å². The van der Waals surface area contributed by atoms with Crippen LogP contribution in [0.5, 0.6) is 0 Å². The summed E-state index contributed by atoms with van der Waals surface area (Å²) in [7, 11) is 0. The molecule has 0 bridgehead atoms. The third kappa shape index (κ3) is 2.64. The van der Waals surface area contributed by atoms with Gasteiger partial charge in [-0.3, -0.25) is 19.7 Å². The topological polar surface area (TPSA) is 95.7 Å². The molecule has 1 aromatic rings. The van der Waals surface area contributed by atoms with Gasteiger partial charge in [-0.05, 0) is 31.5 Å². The maximum atomic E-state index is 13.1. The van der Waals surface area contributed by atoms with E-state index in [4.69, 9.17) is 9.47 Å². The summed E-state index contributed by atoms with van der Waals surface area (Å²) < 4.78 is 22.8. The molecule has 0 amide bonds. The van der Waals surface area contributed by atoms with Gasteiger partial charge in [-0.15, -0.1) is 0 Å². The Bertz CT molecular complexity index is 611. The lowest BCUT2D eigenvalue weighted by molar-refractivity contribution is -0.501. The lowest BCUT2D eigenvalue weighted by atomic mass is 9.99. The van der Waals surface area contributed by atoms with Crippen molar-refractivity contribution in [1.29, 1.82) is 0 Å². The van der Waals surface area contributed by atoms with E-state index in [1.165, 1.54) is 26.0 Å². The van der Waals surface area contributed by atoms with Crippen LogP contribution in [0, 0.1) is 21.3 Å². The molecule has 0 unspecified atom stereocenters. The molecule has 8 heteroatoms. The number of rotatable bonds is 6. The molecule has 0 aromatic heterocycles. The second-order valence-electron chi connectivity index (χ2n) is 5.07. The van der Waals surface area contributed by atoms with Crippen molar-refractivity contribution in [2.75, 3.05) is 13.2 Å². The molecule has 0 spiro atoms. The maximum absolute atomic E-state index is 13.1. The van der Waals surface area contributed by atoms with Crippen molar-refractivity contribution in [1.82, 2.24) is 0 Å². The highest BCUT2D eigenvalue weighted by molar-refractivity contribution is 6.06. The van der Waals surface area contributed by atoms with Crippen LogP contribution in [0.3, 0.4) is 0 Å². The molecule has 0 saturated heterocycles. The Labute approximate surface area is 131 Å². The second-order valence-corrected chi connectivity index (χ2v) is 5.07. The van der Waals surface area contributed by atoms with Gasteiger partial charge in [-0.2, -0.15) is 0 Å². The van der Waals surface area contributed by atoms with Crippen molar-refractivity contribution in [3.63, 3.8) is 0 Å². The molecule has 1 fully saturated rings. The van der Waals surface area contributed by atoms with Crippen LogP contribution in [-0.2, 0) is 19.1 Å². The van der Waals surface area contributed by atoms with Crippen LogP contribution in [0.15, 0.2) is 24.3 Å². The van der Waals surface area contributed by atoms with Crippen molar-refractivity contribution in [3.05, 3.63) is 45.8 Å². The lowest BCUT2D eigenvalue weighted by Crippen LogP contribution is -2.35. The zero-order chi connectivity index (χ0) is 17.2. The van der Waals surface area contributed by atoms with Crippen LogP contribution in [0.1, 0.15) is 25.3 Å². The standard InChI is InChI=1S/C15H16FNO6/c1-3-22-13(18)15(14(19)23-4-2)11(12(15)17(20)21)9-5-7-10(16)8-6-9/h5-8,11-12H,3-4H2,1-2H3/t11-,12-/m1/s1. The molecule has 1 saturated carbocycles. The second kappa shape index (κ2) is 6.31. The average Bonchev–Trinajstić information content (AvgIpc) is 3.20. The molecule has 2 atom stereocenters. The van der Waals surface area contributed by atoms with Gasteiger partial charge in [-0.25, -0.2) is 4.39 Å². The molecular formula is C15H16FNO6. The van der Waals surface area contributed by atoms with Gasteiger partial charge in [0.1, 0.15) is 5.82 Å². The molecular weight excluding hydrogens is 309 g/mol. The molecule has 0 N–H and O–H groups in total. The van der Waals surface area contributed by atoms with Gasteiger partial charge >= 0.3 is 11.9 Å². The highest BCUT2D eigenvalue weighted by Gasteiger charge is 2.85. The van der Waals surface area contributed by atoms with Crippen molar-refractivity contribution in [2.45, 2.75) is 25.8 Å². The van der Waals surface area contributed by atoms with E-state index in [9.17, 15) is 24.1 Å². The first-order chi connectivity index (χ1) is 10.9. The van der Waals surface area contributed by atoms with Crippen molar-refractivity contribution >= 4 is 11.9 Å². The molecule has 124 valence electrons. The Hall–Kier alpha value is -2.51. The third-order valence-electron chi connectivity index (χ3n) is 3.85. The Kier molecular flexibility index (Phi) is 4.63. The first-order valence-electron chi connectivity index (χ1n) is 7.14. The summed E-state index contributed by atoms with van der Waals surface area (Å²) in [6, 6.07) is 3.37. The quantitative estimate of drug-likeness (QED) is 0.342. The number of hydrogen-bond donors (Lipinski definition) is 0. The zero-order valence-corrected chi connectivity index (χ0v) is 12.7. The van der Waals surface area contributed by atoms with E-state index in [1.54, 1.807) is 0 Å². The van der Waals surface area contributed by atoms with E-state index in [0.717, 1.165) is 12.1 Å². The molecule has 1 aliphatic carbocycles. The molecule has 1 aliphatic rings. The van der Waals surface area contributed by atoms with Crippen molar-refractivity contribution in [3.8, 4) is 0 Å². The summed E-state index contributed by atoms with van der Waals surface area (Å²) in [5.74, 6) is -3.55. The highest BCUT2D eigenvalue weighted by Crippen LogP contribution is 2.62. The van der Waals surface area contributed by atoms with Gasteiger partial charge in [0, 0.05) is 4.92 Å². The summed E-state index contributed by atoms with van der Waals surface area (Å²) in [4.78, 5) is 35.3. The summed E-state index contributed by atoms with van der Waals surface area (Å²) in [5.41, 5.74) is -1.71. The highest BCUT2D eigenvalue weighted by atomic mass is 19.1. The minimum Gasteiger partial charge on any atom is -0.465 e. The summed E-state index contributed by atoms with van der Waals surface area (Å²) in [6.45, 7) is 3.02. The number of benzene rings is 1. The number of hydrogen-bond acceptors (Lipinski definition) is 6. The fourth-order valence-corrected chi connectivity index (χ4v) is 2.85. The smallest absolute Gasteiger partial charge is 0.331 e. The summed E-state index contributed by atoms with van der Waals surface area (Å²) in [5, 5.41) is 11.4. The Morgan fingerprint density at radius 2 is 1.65 bits per heavy atom. The Morgan fingerprint density at radius 1 is 1.17 bits per heavy atom. The average molecular weight is 325 g/mol. The molecule has 0 heterocycles. The predicted molar refractivity (Wildman–Crippen MR) is 75.6 cm³/mol. The molecule has 23 heavy (non-hydrogen) atoms. The zero-order valence-electron chi connectivity index (χ0n) is 12.7. The summed E-state index contributed by atoms with van der Waals surface area (Å²) >= 11 is 0. The fraction of sp³-hybridized carbons (Fsp3) is 0.467. The van der Waals surface area contributed by atoms with Crippen LogP contribution in [0.25, 0.3) is 0 Å². The summed E-state index contributed by atoms with van der Waals surface area (Å²) in [6.07, 6.45) is 0. The SMILES string of the molecule is CCOC(=O)C1(C(=O)OCC)[C@H](c2ccc(F)cc2)[C@H]1[N+](=O)[O-]. The minimum atomic E-state index is -2.02. The monoisotopic (exact) mass is 325 g/mol. The van der Waals surface area contributed by atoms with Crippen LogP contribution < -0.4 is 0 Å². The van der Waals surface area contributed by atoms with Gasteiger partial charge < -0.3 is 9.47 Å². The van der Waals surface area contributed by atoms with Crippen LogP contribution in [0.4, 0.5) is 4.39 Å². The minimum absolute atomic E-state index is 0.0272. The van der Waals surface area contributed by atoms with Gasteiger partial charge in [0.25, 0.3) is 0 Å². The van der Waals surface area contributed by atoms with E-state index >= 15 is 0 Å². The number of carbonyl (C=O) groups excluding carboxylic acids is 2. The van der Waals surface area contributed by atoms with Crippen LogP contribution in [0.2, 0.25) is 0 Å². The fourth-order valence-electron chi connectivity index (χ4n) is 2.85. The molecule has 7 nitrogen and oxygen atoms in total. The first-order valence-corrected chi connectivity index (χ1v) is 7.14. The largest absolute Gasteiger partial charge is 0.465 e. The lowest BCUT2D eigenvalue weighted by Gasteiger charge is -2.13. The normalized spacial score (nSPS) is 21.3. The van der Waals surface area contributed by atoms with E-state index < -0.39 is 40.1 Å². The molecule has 0 aliphatic heterocycles. The van der Waals surface area contributed by atoms with Gasteiger partial charge in [0.15, 0.2) is 0 Å². The number of halogens is 1. The number of nitrogens with zero attached hydrogens (tertiary/aromatic N) is 1. The Balaban J connectivity index is 2.49.